The Hall–Kier alpha value is -1.39. The first-order chi connectivity index (χ1) is 8.26. The molecule has 3 rings (SSSR count). The molecule has 1 fully saturated rings. The number of carbonyl (C=O) groups excluding carboxylic acids is 1. The molecule has 4 atom stereocenters. The van der Waals surface area contributed by atoms with Crippen LogP contribution in [0, 0.1) is 5.92 Å². The Labute approximate surface area is 98.8 Å². The Bertz CT molecular complexity index is 457. The van der Waals surface area contributed by atoms with Gasteiger partial charge in [0.25, 0.3) is 0 Å². The summed E-state index contributed by atoms with van der Waals surface area (Å²) in [5.74, 6) is 0.441. The topological polar surface area (TPSA) is 66.8 Å². The van der Waals surface area contributed by atoms with Crippen molar-refractivity contribution in [3.8, 4) is 5.75 Å². The van der Waals surface area contributed by atoms with Gasteiger partial charge in [0, 0.05) is 30.4 Å². The Morgan fingerprint density at radius 3 is 3.00 bits per heavy atom. The van der Waals surface area contributed by atoms with E-state index in [1.807, 2.05) is 12.1 Å². The Morgan fingerprint density at radius 2 is 2.29 bits per heavy atom. The van der Waals surface area contributed by atoms with Crippen LogP contribution in [-0.4, -0.2) is 35.3 Å². The molecule has 2 N–H and O–H groups in total. The highest BCUT2D eigenvalue weighted by molar-refractivity contribution is 5.81. The summed E-state index contributed by atoms with van der Waals surface area (Å²) in [4.78, 5) is 10.9. The van der Waals surface area contributed by atoms with Crippen molar-refractivity contribution >= 4 is 6.29 Å². The standard InChI is InChI=1S/C13H14O4/c14-5-7-2-1-3-8-12-9(6-15)10(16)4-11(12)17-13(7)8/h1-3,5,9-12,15-16H,4,6H2/t9-,10+,11-,12+/m0/s1. The highest BCUT2D eigenvalue weighted by Gasteiger charge is 2.49. The van der Waals surface area contributed by atoms with E-state index in [4.69, 9.17) is 4.74 Å². The van der Waals surface area contributed by atoms with Gasteiger partial charge in [0.1, 0.15) is 11.9 Å². The summed E-state index contributed by atoms with van der Waals surface area (Å²) in [5, 5.41) is 19.2. The van der Waals surface area contributed by atoms with E-state index in [9.17, 15) is 15.0 Å². The lowest BCUT2D eigenvalue weighted by atomic mass is 9.88. The van der Waals surface area contributed by atoms with Crippen LogP contribution in [0.3, 0.4) is 0 Å². The fourth-order valence-corrected chi connectivity index (χ4v) is 3.08. The number of carbonyl (C=O) groups is 1. The van der Waals surface area contributed by atoms with Crippen molar-refractivity contribution in [2.75, 3.05) is 6.61 Å². The third-order valence-corrected chi connectivity index (χ3v) is 3.87. The van der Waals surface area contributed by atoms with Crippen LogP contribution in [-0.2, 0) is 0 Å². The van der Waals surface area contributed by atoms with E-state index >= 15 is 0 Å². The maximum absolute atomic E-state index is 10.9. The summed E-state index contributed by atoms with van der Waals surface area (Å²) in [6, 6.07) is 5.44. The van der Waals surface area contributed by atoms with Crippen LogP contribution in [0.15, 0.2) is 18.2 Å². The minimum atomic E-state index is -0.525. The summed E-state index contributed by atoms with van der Waals surface area (Å²) >= 11 is 0. The maximum Gasteiger partial charge on any atom is 0.153 e. The van der Waals surface area contributed by atoms with E-state index in [2.05, 4.69) is 0 Å². The molecule has 1 aliphatic heterocycles. The van der Waals surface area contributed by atoms with Gasteiger partial charge in [-0.15, -0.1) is 0 Å². The average Bonchev–Trinajstić information content (AvgIpc) is 2.83. The van der Waals surface area contributed by atoms with Crippen molar-refractivity contribution in [2.45, 2.75) is 24.5 Å². The summed E-state index contributed by atoms with van der Waals surface area (Å²) in [7, 11) is 0. The van der Waals surface area contributed by atoms with Gasteiger partial charge in [0.2, 0.25) is 0 Å². The van der Waals surface area contributed by atoms with Crippen LogP contribution in [0.4, 0.5) is 0 Å². The molecule has 4 nitrogen and oxygen atoms in total. The van der Waals surface area contributed by atoms with Crippen molar-refractivity contribution in [3.05, 3.63) is 29.3 Å². The SMILES string of the molecule is O=Cc1cccc2c1O[C@H]1C[C@@H](O)[C@H](CO)[C@@H]21. The van der Waals surface area contributed by atoms with Crippen LogP contribution in [0.2, 0.25) is 0 Å². The van der Waals surface area contributed by atoms with Gasteiger partial charge in [0.15, 0.2) is 6.29 Å². The molecule has 1 aromatic rings. The fourth-order valence-electron chi connectivity index (χ4n) is 3.08. The second-order valence-electron chi connectivity index (χ2n) is 4.72. The quantitative estimate of drug-likeness (QED) is 0.740. The van der Waals surface area contributed by atoms with Crippen LogP contribution in [0.5, 0.6) is 5.75 Å². The number of aliphatic hydroxyl groups excluding tert-OH is 2. The van der Waals surface area contributed by atoms with Crippen LogP contribution >= 0.6 is 0 Å². The molecule has 0 amide bonds. The smallest absolute Gasteiger partial charge is 0.153 e. The number of hydrogen-bond acceptors (Lipinski definition) is 4. The van der Waals surface area contributed by atoms with Gasteiger partial charge in [0.05, 0.1) is 11.7 Å². The van der Waals surface area contributed by atoms with Gasteiger partial charge in [-0.2, -0.15) is 0 Å². The third-order valence-electron chi connectivity index (χ3n) is 3.87. The van der Waals surface area contributed by atoms with Crippen molar-refractivity contribution < 1.29 is 19.7 Å². The number of ether oxygens (including phenoxy) is 1. The van der Waals surface area contributed by atoms with E-state index < -0.39 is 6.10 Å². The monoisotopic (exact) mass is 234 g/mol. The molecule has 2 aliphatic rings. The lowest BCUT2D eigenvalue weighted by Gasteiger charge is -2.17. The molecule has 0 bridgehead atoms. The minimum Gasteiger partial charge on any atom is -0.489 e. The number of aliphatic hydroxyl groups is 2. The number of benzene rings is 1. The average molecular weight is 234 g/mol. The van der Waals surface area contributed by atoms with Gasteiger partial charge in [-0.1, -0.05) is 12.1 Å². The maximum atomic E-state index is 10.9. The first-order valence-corrected chi connectivity index (χ1v) is 5.80. The number of rotatable bonds is 2. The van der Waals surface area contributed by atoms with E-state index in [-0.39, 0.29) is 24.5 Å². The van der Waals surface area contributed by atoms with Crippen LogP contribution in [0.25, 0.3) is 0 Å². The Morgan fingerprint density at radius 1 is 1.47 bits per heavy atom. The summed E-state index contributed by atoms with van der Waals surface area (Å²) in [6.45, 7) is -0.0591. The first kappa shape index (κ1) is 10.7. The second-order valence-corrected chi connectivity index (χ2v) is 4.72. The lowest BCUT2D eigenvalue weighted by Crippen LogP contribution is -2.22. The van der Waals surface area contributed by atoms with E-state index in [1.165, 1.54) is 0 Å². The summed E-state index contributed by atoms with van der Waals surface area (Å²) in [5.41, 5.74) is 1.48. The van der Waals surface area contributed by atoms with Crippen molar-refractivity contribution in [1.29, 1.82) is 0 Å². The van der Waals surface area contributed by atoms with Crippen molar-refractivity contribution in [3.63, 3.8) is 0 Å². The number of aldehydes is 1. The van der Waals surface area contributed by atoms with Crippen LogP contribution < -0.4 is 4.74 Å². The number of para-hydroxylation sites is 1. The van der Waals surface area contributed by atoms with Gasteiger partial charge in [-0.25, -0.2) is 0 Å². The van der Waals surface area contributed by atoms with E-state index in [0.29, 0.717) is 17.7 Å². The second kappa shape index (κ2) is 3.82. The number of hydrogen-bond donors (Lipinski definition) is 2. The van der Waals surface area contributed by atoms with Gasteiger partial charge >= 0.3 is 0 Å². The first-order valence-electron chi connectivity index (χ1n) is 5.80. The molecule has 1 aliphatic carbocycles. The predicted octanol–water partition coefficient (Wildman–Crippen LogP) is 0.717. The van der Waals surface area contributed by atoms with Gasteiger partial charge in [-0.05, 0) is 6.07 Å². The fraction of sp³-hybridized carbons (Fsp3) is 0.462. The van der Waals surface area contributed by atoms with Crippen molar-refractivity contribution in [2.24, 2.45) is 5.92 Å². The number of fused-ring (bicyclic) bond motifs is 3. The molecule has 0 radical (unpaired) electrons. The van der Waals surface area contributed by atoms with Gasteiger partial charge < -0.3 is 14.9 Å². The molecular formula is C13H14O4. The van der Waals surface area contributed by atoms with Crippen LogP contribution in [0.1, 0.15) is 28.3 Å². The minimum absolute atomic E-state index is 0.00454. The molecule has 0 saturated heterocycles. The molecule has 0 unspecified atom stereocenters. The third kappa shape index (κ3) is 1.41. The van der Waals surface area contributed by atoms with Gasteiger partial charge in [-0.3, -0.25) is 4.79 Å². The largest absolute Gasteiger partial charge is 0.489 e. The lowest BCUT2D eigenvalue weighted by molar-refractivity contribution is 0.0833. The summed E-state index contributed by atoms with van der Waals surface area (Å²) in [6.07, 6.45) is 0.661. The molecule has 0 aromatic heterocycles. The molecule has 1 heterocycles. The zero-order valence-electron chi connectivity index (χ0n) is 9.24. The highest BCUT2D eigenvalue weighted by atomic mass is 16.5. The highest BCUT2D eigenvalue weighted by Crippen LogP contribution is 2.50. The molecular weight excluding hydrogens is 220 g/mol. The Kier molecular flexibility index (Phi) is 2.42. The molecule has 1 saturated carbocycles. The van der Waals surface area contributed by atoms with E-state index in [0.717, 1.165) is 11.8 Å². The van der Waals surface area contributed by atoms with E-state index in [1.54, 1.807) is 6.07 Å². The molecule has 1 aromatic carbocycles. The normalized spacial score (nSPS) is 34.0. The van der Waals surface area contributed by atoms with Crippen molar-refractivity contribution in [1.82, 2.24) is 0 Å². The molecule has 17 heavy (non-hydrogen) atoms. The zero-order valence-corrected chi connectivity index (χ0v) is 9.24. The Balaban J connectivity index is 2.06. The molecule has 90 valence electrons. The zero-order chi connectivity index (χ0) is 12.0. The molecule has 4 heteroatoms. The molecule has 0 spiro atoms. The predicted molar refractivity (Wildman–Crippen MR) is 60.2 cm³/mol. The summed E-state index contributed by atoms with van der Waals surface area (Å²) < 4.78 is 5.75.